The van der Waals surface area contributed by atoms with Gasteiger partial charge in [-0.3, -0.25) is 9.59 Å². The summed E-state index contributed by atoms with van der Waals surface area (Å²) in [7, 11) is 0. The molecule has 1 saturated carbocycles. The third kappa shape index (κ3) is 2.49. The number of fused-ring (bicyclic) bond motifs is 1. The first-order valence-corrected chi connectivity index (χ1v) is 5.84. The molecule has 1 aliphatic carbocycles. The zero-order valence-electron chi connectivity index (χ0n) is 8.92. The lowest BCUT2D eigenvalue weighted by Crippen LogP contribution is -2.41. The van der Waals surface area contributed by atoms with Crippen LogP contribution in [0.2, 0.25) is 0 Å². The van der Waals surface area contributed by atoms with E-state index in [9.17, 15) is 9.59 Å². The highest BCUT2D eigenvalue weighted by Crippen LogP contribution is 2.23. The molecule has 15 heavy (non-hydrogen) atoms. The molecule has 4 nitrogen and oxygen atoms in total. The van der Waals surface area contributed by atoms with Gasteiger partial charge in [0.1, 0.15) is 0 Å². The molecule has 84 valence electrons. The van der Waals surface area contributed by atoms with Crippen molar-refractivity contribution in [1.29, 1.82) is 0 Å². The molecular weight excluding hydrogens is 192 g/mol. The van der Waals surface area contributed by atoms with Crippen molar-refractivity contribution in [3.63, 3.8) is 0 Å². The summed E-state index contributed by atoms with van der Waals surface area (Å²) in [4.78, 5) is 23.1. The number of amides is 2. The van der Waals surface area contributed by atoms with Crippen LogP contribution < -0.4 is 10.6 Å². The summed E-state index contributed by atoms with van der Waals surface area (Å²) in [6.45, 7) is 0.145. The van der Waals surface area contributed by atoms with E-state index in [1.165, 1.54) is 12.8 Å². The Kier molecular flexibility index (Phi) is 3.23. The minimum absolute atomic E-state index is 0.00301. The third-order valence-corrected chi connectivity index (χ3v) is 3.37. The fourth-order valence-electron chi connectivity index (χ4n) is 2.53. The fraction of sp³-hybridized carbons (Fsp3) is 0.818. The van der Waals surface area contributed by atoms with Crippen LogP contribution in [0.1, 0.15) is 38.5 Å². The molecule has 2 fully saturated rings. The summed E-state index contributed by atoms with van der Waals surface area (Å²) in [6, 6.07) is 0.0697. The molecule has 0 bridgehead atoms. The molecule has 0 radical (unpaired) electrons. The van der Waals surface area contributed by atoms with Crippen LogP contribution >= 0.6 is 0 Å². The first-order chi connectivity index (χ1) is 7.27. The second kappa shape index (κ2) is 4.64. The molecule has 2 unspecified atom stereocenters. The lowest BCUT2D eigenvalue weighted by Gasteiger charge is -2.26. The normalized spacial score (nSPS) is 32.8. The Balaban J connectivity index is 2.10. The van der Waals surface area contributed by atoms with Crippen LogP contribution in [-0.4, -0.2) is 24.4 Å². The average molecular weight is 210 g/mol. The van der Waals surface area contributed by atoms with Crippen LogP contribution in [0.4, 0.5) is 0 Å². The van der Waals surface area contributed by atoms with Crippen molar-refractivity contribution in [1.82, 2.24) is 10.6 Å². The summed E-state index contributed by atoms with van der Waals surface area (Å²) in [5.41, 5.74) is 0. The van der Waals surface area contributed by atoms with Gasteiger partial charge in [0.15, 0.2) is 0 Å². The first kappa shape index (κ1) is 10.5. The summed E-state index contributed by atoms with van der Waals surface area (Å²) in [5.74, 6) is 0.00780. The Morgan fingerprint density at radius 3 is 2.53 bits per heavy atom. The zero-order valence-corrected chi connectivity index (χ0v) is 8.92. The largest absolute Gasteiger partial charge is 0.351 e. The van der Waals surface area contributed by atoms with Crippen LogP contribution in [0.15, 0.2) is 0 Å². The number of rotatable bonds is 0. The molecule has 1 aliphatic heterocycles. The highest BCUT2D eigenvalue weighted by atomic mass is 16.2. The topological polar surface area (TPSA) is 58.2 Å². The highest BCUT2D eigenvalue weighted by Gasteiger charge is 2.32. The molecule has 2 rings (SSSR count). The lowest BCUT2D eigenvalue weighted by molar-refractivity contribution is -0.126. The SMILES string of the molecule is O=C1CNC(=O)C2CCCCCCC2N1. The van der Waals surface area contributed by atoms with Crippen molar-refractivity contribution in [3.8, 4) is 0 Å². The first-order valence-electron chi connectivity index (χ1n) is 5.84. The van der Waals surface area contributed by atoms with Crippen LogP contribution in [0, 0.1) is 5.92 Å². The molecular formula is C11H18N2O2. The molecule has 0 aromatic heterocycles. The van der Waals surface area contributed by atoms with E-state index >= 15 is 0 Å². The predicted octanol–water partition coefficient (Wildman–Crippen LogP) is 0.571. The number of carbonyl (C=O) groups is 2. The fourth-order valence-corrected chi connectivity index (χ4v) is 2.53. The summed E-state index contributed by atoms with van der Waals surface area (Å²) in [5, 5.41) is 5.65. The van der Waals surface area contributed by atoms with Gasteiger partial charge in [0.05, 0.1) is 12.5 Å². The summed E-state index contributed by atoms with van der Waals surface area (Å²) < 4.78 is 0. The van der Waals surface area contributed by atoms with Gasteiger partial charge in [-0.05, 0) is 12.8 Å². The van der Waals surface area contributed by atoms with Crippen LogP contribution in [0.25, 0.3) is 0 Å². The molecule has 0 aromatic carbocycles. The Hall–Kier alpha value is -1.06. The van der Waals surface area contributed by atoms with Crippen molar-refractivity contribution < 1.29 is 9.59 Å². The van der Waals surface area contributed by atoms with E-state index < -0.39 is 0 Å². The Morgan fingerprint density at radius 2 is 1.73 bits per heavy atom. The minimum atomic E-state index is -0.0450. The number of carbonyl (C=O) groups excluding carboxylic acids is 2. The van der Waals surface area contributed by atoms with E-state index in [1.807, 2.05) is 0 Å². The maximum absolute atomic E-state index is 11.8. The second-order valence-electron chi connectivity index (χ2n) is 4.49. The van der Waals surface area contributed by atoms with Gasteiger partial charge in [0.2, 0.25) is 11.8 Å². The third-order valence-electron chi connectivity index (χ3n) is 3.37. The highest BCUT2D eigenvalue weighted by molar-refractivity contribution is 5.89. The van der Waals surface area contributed by atoms with Gasteiger partial charge < -0.3 is 10.6 Å². The van der Waals surface area contributed by atoms with Gasteiger partial charge in [-0.1, -0.05) is 25.7 Å². The van der Waals surface area contributed by atoms with Crippen LogP contribution in [-0.2, 0) is 9.59 Å². The molecule has 0 aromatic rings. The van der Waals surface area contributed by atoms with Crippen molar-refractivity contribution in [2.75, 3.05) is 6.54 Å². The van der Waals surface area contributed by atoms with Gasteiger partial charge in [-0.15, -0.1) is 0 Å². The van der Waals surface area contributed by atoms with Gasteiger partial charge in [-0.25, -0.2) is 0 Å². The monoisotopic (exact) mass is 210 g/mol. The van der Waals surface area contributed by atoms with Crippen molar-refractivity contribution in [2.45, 2.75) is 44.6 Å². The summed E-state index contributed by atoms with van der Waals surface area (Å²) >= 11 is 0. The molecule has 2 amide bonds. The smallest absolute Gasteiger partial charge is 0.239 e. The Morgan fingerprint density at radius 1 is 1.00 bits per heavy atom. The Bertz CT molecular complexity index is 265. The van der Waals surface area contributed by atoms with Crippen LogP contribution in [0.3, 0.4) is 0 Å². The zero-order chi connectivity index (χ0) is 10.7. The van der Waals surface area contributed by atoms with E-state index in [4.69, 9.17) is 0 Å². The van der Waals surface area contributed by atoms with E-state index in [1.54, 1.807) is 0 Å². The van der Waals surface area contributed by atoms with Crippen molar-refractivity contribution >= 4 is 11.8 Å². The molecule has 2 N–H and O–H groups in total. The van der Waals surface area contributed by atoms with E-state index in [0.717, 1.165) is 25.7 Å². The van der Waals surface area contributed by atoms with Gasteiger partial charge in [0.25, 0.3) is 0 Å². The van der Waals surface area contributed by atoms with E-state index in [0.29, 0.717) is 0 Å². The van der Waals surface area contributed by atoms with E-state index in [-0.39, 0.29) is 30.3 Å². The molecule has 1 saturated heterocycles. The quantitative estimate of drug-likeness (QED) is 0.614. The average Bonchev–Trinajstić information content (AvgIpc) is 2.29. The minimum Gasteiger partial charge on any atom is -0.351 e. The molecule has 1 heterocycles. The van der Waals surface area contributed by atoms with Crippen molar-refractivity contribution in [3.05, 3.63) is 0 Å². The lowest BCUT2D eigenvalue weighted by atomic mass is 9.86. The standard InChI is InChI=1S/C11H18N2O2/c14-10-7-12-11(15)8-5-3-1-2-4-6-9(8)13-10/h8-9H,1-7H2,(H,12,15)(H,13,14). The molecule has 2 aliphatic rings. The maximum atomic E-state index is 11.8. The van der Waals surface area contributed by atoms with Gasteiger partial charge >= 0.3 is 0 Å². The number of hydrogen-bond acceptors (Lipinski definition) is 2. The molecule has 4 heteroatoms. The van der Waals surface area contributed by atoms with Gasteiger partial charge in [-0.2, -0.15) is 0 Å². The summed E-state index contributed by atoms with van der Waals surface area (Å²) in [6.07, 6.45) is 6.52. The van der Waals surface area contributed by atoms with Crippen LogP contribution in [0.5, 0.6) is 0 Å². The number of hydrogen-bond donors (Lipinski definition) is 2. The Labute approximate surface area is 89.8 Å². The maximum Gasteiger partial charge on any atom is 0.239 e. The molecule has 0 spiro atoms. The predicted molar refractivity (Wildman–Crippen MR) is 56.1 cm³/mol. The van der Waals surface area contributed by atoms with Gasteiger partial charge in [0, 0.05) is 6.04 Å². The number of nitrogens with one attached hydrogen (secondary N) is 2. The molecule has 2 atom stereocenters. The van der Waals surface area contributed by atoms with Crippen molar-refractivity contribution in [2.24, 2.45) is 5.92 Å². The second-order valence-corrected chi connectivity index (χ2v) is 4.49. The van der Waals surface area contributed by atoms with E-state index in [2.05, 4.69) is 10.6 Å².